The van der Waals surface area contributed by atoms with Crippen molar-refractivity contribution in [3.8, 4) is 11.3 Å². The number of aryl methyl sites for hydroxylation is 1. The predicted molar refractivity (Wildman–Crippen MR) is 121 cm³/mol. The average molecular weight is 401 g/mol. The van der Waals surface area contributed by atoms with Gasteiger partial charge in [0, 0.05) is 36.0 Å². The highest BCUT2D eigenvalue weighted by molar-refractivity contribution is 5.95. The molecular formula is C25H28N4O. The molecule has 30 heavy (non-hydrogen) atoms. The monoisotopic (exact) mass is 400 g/mol. The first-order valence-electron chi connectivity index (χ1n) is 10.6. The highest BCUT2D eigenvalue weighted by Crippen LogP contribution is 2.25. The van der Waals surface area contributed by atoms with E-state index in [0.717, 1.165) is 29.8 Å². The Morgan fingerprint density at radius 2 is 1.77 bits per heavy atom. The van der Waals surface area contributed by atoms with Gasteiger partial charge in [0.05, 0.1) is 5.69 Å². The summed E-state index contributed by atoms with van der Waals surface area (Å²) in [7, 11) is 1.93. The summed E-state index contributed by atoms with van der Waals surface area (Å²) in [6.45, 7) is 2.07. The average Bonchev–Trinajstić information content (AvgIpc) is 2.79. The lowest BCUT2D eigenvalue weighted by Gasteiger charge is -2.31. The Labute approximate surface area is 178 Å². The minimum Gasteiger partial charge on any atom is -0.340 e. The fourth-order valence-corrected chi connectivity index (χ4v) is 4.02. The van der Waals surface area contributed by atoms with E-state index in [1.165, 1.54) is 24.8 Å². The van der Waals surface area contributed by atoms with Crippen LogP contribution < -0.4 is 5.32 Å². The van der Waals surface area contributed by atoms with Crippen LogP contribution in [0.1, 0.15) is 48.0 Å². The van der Waals surface area contributed by atoms with Gasteiger partial charge in [0.2, 0.25) is 0 Å². The molecule has 0 saturated heterocycles. The van der Waals surface area contributed by atoms with Gasteiger partial charge in [0.25, 0.3) is 5.91 Å². The lowest BCUT2D eigenvalue weighted by Crippen LogP contribution is -2.38. The van der Waals surface area contributed by atoms with E-state index in [-0.39, 0.29) is 5.91 Å². The number of hydrogen-bond acceptors (Lipinski definition) is 4. The first-order chi connectivity index (χ1) is 14.6. The molecule has 0 radical (unpaired) electrons. The van der Waals surface area contributed by atoms with Crippen LogP contribution in [0.4, 0.5) is 11.5 Å². The number of amides is 1. The number of benzene rings is 2. The molecule has 1 heterocycles. The van der Waals surface area contributed by atoms with Crippen molar-refractivity contribution in [1.82, 2.24) is 14.9 Å². The van der Waals surface area contributed by atoms with E-state index in [1.807, 2.05) is 42.3 Å². The zero-order valence-corrected chi connectivity index (χ0v) is 17.6. The highest BCUT2D eigenvalue weighted by Gasteiger charge is 2.23. The van der Waals surface area contributed by atoms with Crippen molar-refractivity contribution in [2.75, 3.05) is 12.4 Å². The normalized spacial score (nSPS) is 14.3. The van der Waals surface area contributed by atoms with E-state index in [4.69, 9.17) is 0 Å². The summed E-state index contributed by atoms with van der Waals surface area (Å²) in [5.74, 6) is 0.777. The van der Waals surface area contributed by atoms with Gasteiger partial charge in [0.1, 0.15) is 12.1 Å². The van der Waals surface area contributed by atoms with Crippen molar-refractivity contribution >= 4 is 17.4 Å². The maximum atomic E-state index is 13.0. The number of rotatable bonds is 5. The molecule has 1 aliphatic carbocycles. The Kier molecular flexibility index (Phi) is 6.07. The second-order valence-corrected chi connectivity index (χ2v) is 8.07. The standard InChI is InChI=1S/C25H28N4O/c1-18-11-13-19(14-12-18)23-16-24(27-17-26-23)28-21-8-6-7-20(15-21)25(30)29(2)22-9-4-3-5-10-22/h6-8,11-17,22H,3-5,9-10H2,1-2H3,(H,26,27,28). The first-order valence-corrected chi connectivity index (χ1v) is 10.6. The molecule has 154 valence electrons. The van der Waals surface area contributed by atoms with Gasteiger partial charge in [-0.2, -0.15) is 0 Å². The molecule has 5 heteroatoms. The molecule has 5 nitrogen and oxygen atoms in total. The van der Waals surface area contributed by atoms with Gasteiger partial charge < -0.3 is 10.2 Å². The number of nitrogens with one attached hydrogen (secondary N) is 1. The van der Waals surface area contributed by atoms with E-state index in [1.54, 1.807) is 6.33 Å². The molecule has 0 aliphatic heterocycles. The lowest BCUT2D eigenvalue weighted by molar-refractivity contribution is 0.0696. The van der Waals surface area contributed by atoms with Gasteiger partial charge in [-0.1, -0.05) is 55.2 Å². The van der Waals surface area contributed by atoms with Gasteiger partial charge in [-0.15, -0.1) is 0 Å². The van der Waals surface area contributed by atoms with Crippen LogP contribution in [-0.4, -0.2) is 33.9 Å². The van der Waals surface area contributed by atoms with Crippen molar-refractivity contribution in [1.29, 1.82) is 0 Å². The molecule has 1 aliphatic rings. The number of hydrogen-bond donors (Lipinski definition) is 1. The second kappa shape index (κ2) is 9.08. The van der Waals surface area contributed by atoms with E-state index in [0.29, 0.717) is 17.4 Å². The van der Waals surface area contributed by atoms with Crippen LogP contribution in [-0.2, 0) is 0 Å². The summed E-state index contributed by atoms with van der Waals surface area (Å²) in [5, 5.41) is 3.32. The minimum atomic E-state index is 0.0774. The molecule has 1 saturated carbocycles. The van der Waals surface area contributed by atoms with Crippen LogP contribution in [0.3, 0.4) is 0 Å². The summed E-state index contributed by atoms with van der Waals surface area (Å²) in [5.41, 5.74) is 4.65. The molecule has 4 rings (SSSR count). The highest BCUT2D eigenvalue weighted by atomic mass is 16.2. The molecule has 2 aromatic carbocycles. The lowest BCUT2D eigenvalue weighted by atomic mass is 9.94. The summed E-state index contributed by atoms with van der Waals surface area (Å²) < 4.78 is 0. The zero-order chi connectivity index (χ0) is 20.9. The third kappa shape index (κ3) is 4.67. The van der Waals surface area contributed by atoms with Crippen molar-refractivity contribution < 1.29 is 4.79 Å². The third-order valence-electron chi connectivity index (χ3n) is 5.84. The van der Waals surface area contributed by atoms with E-state index in [9.17, 15) is 4.79 Å². The number of anilines is 2. The molecule has 0 atom stereocenters. The summed E-state index contributed by atoms with van der Waals surface area (Å²) in [4.78, 5) is 23.6. The quantitative estimate of drug-likeness (QED) is 0.606. The van der Waals surface area contributed by atoms with E-state index >= 15 is 0 Å². The van der Waals surface area contributed by atoms with Crippen LogP contribution in [0.5, 0.6) is 0 Å². The summed E-state index contributed by atoms with van der Waals surface area (Å²) in [6, 6.07) is 18.2. The maximum absolute atomic E-state index is 13.0. The van der Waals surface area contributed by atoms with Crippen molar-refractivity contribution in [2.45, 2.75) is 45.1 Å². The maximum Gasteiger partial charge on any atom is 0.253 e. The van der Waals surface area contributed by atoms with E-state index < -0.39 is 0 Å². The molecule has 0 unspecified atom stereocenters. The molecule has 1 aromatic heterocycles. The summed E-state index contributed by atoms with van der Waals surface area (Å²) >= 11 is 0. The minimum absolute atomic E-state index is 0.0774. The zero-order valence-electron chi connectivity index (χ0n) is 17.6. The third-order valence-corrected chi connectivity index (χ3v) is 5.84. The SMILES string of the molecule is Cc1ccc(-c2cc(Nc3cccc(C(=O)N(C)C4CCCCC4)c3)ncn2)cc1. The van der Waals surface area contributed by atoms with Gasteiger partial charge >= 0.3 is 0 Å². The Morgan fingerprint density at radius 1 is 1.00 bits per heavy atom. The van der Waals surface area contributed by atoms with Crippen LogP contribution in [0, 0.1) is 6.92 Å². The van der Waals surface area contributed by atoms with Crippen LogP contribution in [0.25, 0.3) is 11.3 Å². The fraction of sp³-hybridized carbons (Fsp3) is 0.320. The van der Waals surface area contributed by atoms with E-state index in [2.05, 4.69) is 46.5 Å². The predicted octanol–water partition coefficient (Wildman–Crippen LogP) is 5.60. The number of carbonyl (C=O) groups is 1. The van der Waals surface area contributed by atoms with Crippen molar-refractivity contribution in [3.63, 3.8) is 0 Å². The number of nitrogens with zero attached hydrogens (tertiary/aromatic N) is 3. The molecule has 3 aromatic rings. The Hall–Kier alpha value is -3.21. The van der Waals surface area contributed by atoms with Crippen molar-refractivity contribution in [2.24, 2.45) is 0 Å². The van der Waals surface area contributed by atoms with Gasteiger partial charge in [-0.05, 0) is 38.0 Å². The molecule has 0 spiro atoms. The Balaban J connectivity index is 1.50. The number of aromatic nitrogens is 2. The van der Waals surface area contributed by atoms with Crippen LogP contribution in [0.2, 0.25) is 0 Å². The van der Waals surface area contributed by atoms with Crippen molar-refractivity contribution in [3.05, 3.63) is 72.1 Å². The molecule has 1 N–H and O–H groups in total. The van der Waals surface area contributed by atoms with Gasteiger partial charge in [-0.25, -0.2) is 9.97 Å². The fourth-order valence-electron chi connectivity index (χ4n) is 4.02. The van der Waals surface area contributed by atoms with Crippen LogP contribution >= 0.6 is 0 Å². The molecule has 1 amide bonds. The topological polar surface area (TPSA) is 58.1 Å². The van der Waals surface area contributed by atoms with Gasteiger partial charge in [0.15, 0.2) is 0 Å². The molecular weight excluding hydrogens is 372 g/mol. The second-order valence-electron chi connectivity index (χ2n) is 8.07. The Bertz CT molecular complexity index is 1010. The summed E-state index contributed by atoms with van der Waals surface area (Å²) in [6.07, 6.45) is 7.46. The Morgan fingerprint density at radius 3 is 2.53 bits per heavy atom. The molecule has 0 bridgehead atoms. The largest absolute Gasteiger partial charge is 0.340 e. The number of carbonyl (C=O) groups excluding carboxylic acids is 1. The van der Waals surface area contributed by atoms with Crippen LogP contribution in [0.15, 0.2) is 60.9 Å². The molecule has 1 fully saturated rings. The first kappa shape index (κ1) is 20.1. The smallest absolute Gasteiger partial charge is 0.253 e. The van der Waals surface area contributed by atoms with Gasteiger partial charge in [-0.3, -0.25) is 4.79 Å².